The first-order chi connectivity index (χ1) is 13.7. The number of rotatable bonds is 6. The Hall–Kier alpha value is -2.90. The molecule has 0 radical (unpaired) electrons. The van der Waals surface area contributed by atoms with Gasteiger partial charge >= 0.3 is 0 Å². The minimum absolute atomic E-state index is 0.159. The number of fused-ring (bicyclic) bond motifs is 1. The molecular weight excluding hydrogens is 388 g/mol. The van der Waals surface area contributed by atoms with Gasteiger partial charge in [0.1, 0.15) is 5.75 Å². The van der Waals surface area contributed by atoms with E-state index < -0.39 is 10.0 Å². The van der Waals surface area contributed by atoms with Gasteiger partial charge in [-0.25, -0.2) is 12.7 Å². The fourth-order valence-electron chi connectivity index (χ4n) is 3.04. The molecule has 152 valence electrons. The van der Waals surface area contributed by atoms with Crippen molar-refractivity contribution in [1.82, 2.24) is 9.21 Å². The predicted molar refractivity (Wildman–Crippen MR) is 114 cm³/mol. The number of ether oxygens (including phenoxy) is 1. The van der Waals surface area contributed by atoms with Crippen LogP contribution >= 0.6 is 0 Å². The quantitative estimate of drug-likeness (QED) is 0.623. The summed E-state index contributed by atoms with van der Waals surface area (Å²) in [6.45, 7) is 0.443. The van der Waals surface area contributed by atoms with Crippen molar-refractivity contribution in [2.75, 3.05) is 28.3 Å². The second-order valence-electron chi connectivity index (χ2n) is 7.02. The SMILES string of the molecule is COc1ccc2cc(CN(C)C(=O)c3ccc(S(=O)(=O)N(C)C)cc3)ccc2c1. The third-order valence-corrected chi connectivity index (χ3v) is 6.59. The molecule has 3 aromatic rings. The molecule has 0 aliphatic rings. The van der Waals surface area contributed by atoms with E-state index in [0.717, 1.165) is 26.4 Å². The van der Waals surface area contributed by atoms with Crippen LogP contribution in [0.3, 0.4) is 0 Å². The van der Waals surface area contributed by atoms with E-state index in [1.54, 1.807) is 31.2 Å². The maximum atomic E-state index is 12.7. The van der Waals surface area contributed by atoms with Crippen LogP contribution < -0.4 is 4.74 Å². The molecule has 0 spiro atoms. The van der Waals surface area contributed by atoms with Crippen molar-refractivity contribution in [3.63, 3.8) is 0 Å². The van der Waals surface area contributed by atoms with Crippen LogP contribution in [0.1, 0.15) is 15.9 Å². The Kier molecular flexibility index (Phi) is 5.91. The first-order valence-corrected chi connectivity index (χ1v) is 10.5. The third kappa shape index (κ3) is 4.41. The van der Waals surface area contributed by atoms with Gasteiger partial charge in [-0.05, 0) is 58.8 Å². The molecular formula is C22H24N2O4S. The number of carbonyl (C=O) groups excluding carboxylic acids is 1. The zero-order valence-electron chi connectivity index (χ0n) is 16.9. The van der Waals surface area contributed by atoms with E-state index >= 15 is 0 Å². The van der Waals surface area contributed by atoms with Gasteiger partial charge < -0.3 is 9.64 Å². The number of amides is 1. The molecule has 6 nitrogen and oxygen atoms in total. The van der Waals surface area contributed by atoms with Gasteiger partial charge in [-0.15, -0.1) is 0 Å². The first-order valence-electron chi connectivity index (χ1n) is 9.07. The van der Waals surface area contributed by atoms with Crippen LogP contribution in [0, 0.1) is 0 Å². The standard InChI is InChI=1S/C22H24N2O4S/c1-23(2)29(26,27)21-11-8-17(9-12-21)22(25)24(3)15-16-5-6-19-14-20(28-4)10-7-18(19)13-16/h5-14H,15H2,1-4H3. The van der Waals surface area contributed by atoms with E-state index in [2.05, 4.69) is 0 Å². The summed E-state index contributed by atoms with van der Waals surface area (Å²) < 4.78 is 30.7. The van der Waals surface area contributed by atoms with Crippen LogP contribution in [0.4, 0.5) is 0 Å². The lowest BCUT2D eigenvalue weighted by Gasteiger charge is -2.18. The second-order valence-corrected chi connectivity index (χ2v) is 9.17. The Balaban J connectivity index is 1.76. The van der Waals surface area contributed by atoms with E-state index in [9.17, 15) is 13.2 Å². The Morgan fingerprint density at radius 3 is 2.14 bits per heavy atom. The summed E-state index contributed by atoms with van der Waals surface area (Å²) in [4.78, 5) is 14.5. The number of sulfonamides is 1. The van der Waals surface area contributed by atoms with Crippen LogP contribution in [0.25, 0.3) is 10.8 Å². The molecule has 0 N–H and O–H groups in total. The topological polar surface area (TPSA) is 66.9 Å². The number of methoxy groups -OCH3 is 1. The molecule has 3 aromatic carbocycles. The van der Waals surface area contributed by atoms with Crippen LogP contribution in [0.15, 0.2) is 65.6 Å². The smallest absolute Gasteiger partial charge is 0.253 e. The summed E-state index contributed by atoms with van der Waals surface area (Å²) in [5.74, 6) is 0.630. The molecule has 0 bridgehead atoms. The van der Waals surface area contributed by atoms with Crippen molar-refractivity contribution in [3.05, 3.63) is 71.8 Å². The fraction of sp³-hybridized carbons (Fsp3) is 0.227. The van der Waals surface area contributed by atoms with E-state index in [1.165, 1.54) is 26.2 Å². The van der Waals surface area contributed by atoms with E-state index in [4.69, 9.17) is 4.74 Å². The highest BCUT2D eigenvalue weighted by molar-refractivity contribution is 7.89. The average molecular weight is 413 g/mol. The third-order valence-electron chi connectivity index (χ3n) is 4.76. The molecule has 0 unspecified atom stereocenters. The summed E-state index contributed by atoms with van der Waals surface area (Å²) in [7, 11) is 2.80. The van der Waals surface area contributed by atoms with Gasteiger partial charge in [0.2, 0.25) is 10.0 Å². The normalized spacial score (nSPS) is 11.6. The molecule has 0 fully saturated rings. The Morgan fingerprint density at radius 2 is 1.52 bits per heavy atom. The van der Waals surface area contributed by atoms with Crippen molar-refractivity contribution >= 4 is 26.7 Å². The van der Waals surface area contributed by atoms with Gasteiger partial charge in [-0.1, -0.05) is 18.2 Å². The number of benzene rings is 3. The van der Waals surface area contributed by atoms with Crippen molar-refractivity contribution in [2.24, 2.45) is 0 Å². The first kappa shape index (κ1) is 20.8. The number of carbonyl (C=O) groups is 1. The van der Waals surface area contributed by atoms with Gasteiger partial charge in [-0.3, -0.25) is 4.79 Å². The molecule has 1 amide bonds. The zero-order chi connectivity index (χ0) is 21.2. The van der Waals surface area contributed by atoms with Crippen molar-refractivity contribution in [3.8, 4) is 5.75 Å². The molecule has 0 aliphatic carbocycles. The molecule has 7 heteroatoms. The number of nitrogens with zero attached hydrogens (tertiary/aromatic N) is 2. The molecule has 0 atom stereocenters. The molecule has 0 saturated heterocycles. The summed E-state index contributed by atoms with van der Waals surface area (Å²) in [6.07, 6.45) is 0. The highest BCUT2D eigenvalue weighted by Crippen LogP contribution is 2.23. The lowest BCUT2D eigenvalue weighted by atomic mass is 10.1. The largest absolute Gasteiger partial charge is 0.497 e. The van der Waals surface area contributed by atoms with Crippen molar-refractivity contribution in [2.45, 2.75) is 11.4 Å². The second kappa shape index (κ2) is 8.23. The van der Waals surface area contributed by atoms with Gasteiger partial charge in [0.15, 0.2) is 0 Å². The summed E-state index contributed by atoms with van der Waals surface area (Å²) in [5.41, 5.74) is 1.45. The van der Waals surface area contributed by atoms with E-state index in [1.807, 2.05) is 36.4 Å². The molecule has 3 rings (SSSR count). The molecule has 29 heavy (non-hydrogen) atoms. The Bertz CT molecular complexity index is 1140. The van der Waals surface area contributed by atoms with Gasteiger partial charge in [0.05, 0.1) is 12.0 Å². The summed E-state index contributed by atoms with van der Waals surface area (Å²) in [6, 6.07) is 17.9. The van der Waals surface area contributed by atoms with E-state index in [0.29, 0.717) is 12.1 Å². The predicted octanol–water partition coefficient (Wildman–Crippen LogP) is 3.37. The van der Waals surface area contributed by atoms with Gasteiger partial charge in [0, 0.05) is 33.3 Å². The number of hydrogen-bond donors (Lipinski definition) is 0. The monoisotopic (exact) mass is 412 g/mol. The van der Waals surface area contributed by atoms with Crippen molar-refractivity contribution < 1.29 is 17.9 Å². The lowest BCUT2D eigenvalue weighted by Crippen LogP contribution is -2.26. The zero-order valence-corrected chi connectivity index (χ0v) is 17.7. The summed E-state index contributed by atoms with van der Waals surface area (Å²) in [5, 5.41) is 2.14. The minimum atomic E-state index is -3.51. The average Bonchev–Trinajstić information content (AvgIpc) is 2.72. The number of hydrogen-bond acceptors (Lipinski definition) is 4. The van der Waals surface area contributed by atoms with Crippen LogP contribution in [-0.2, 0) is 16.6 Å². The van der Waals surface area contributed by atoms with Crippen LogP contribution in [0.5, 0.6) is 5.75 Å². The maximum Gasteiger partial charge on any atom is 0.253 e. The molecule has 0 aromatic heterocycles. The molecule has 0 aliphatic heterocycles. The van der Waals surface area contributed by atoms with Gasteiger partial charge in [0.25, 0.3) is 5.91 Å². The molecule has 0 saturated carbocycles. The van der Waals surface area contributed by atoms with Crippen molar-refractivity contribution in [1.29, 1.82) is 0 Å². The van der Waals surface area contributed by atoms with Gasteiger partial charge in [-0.2, -0.15) is 0 Å². The Morgan fingerprint density at radius 1 is 0.897 bits per heavy atom. The van der Waals surface area contributed by atoms with E-state index in [-0.39, 0.29) is 10.8 Å². The fourth-order valence-corrected chi connectivity index (χ4v) is 3.95. The molecule has 0 heterocycles. The highest BCUT2D eigenvalue weighted by atomic mass is 32.2. The maximum absolute atomic E-state index is 12.7. The Labute approximate surface area is 171 Å². The van der Waals surface area contributed by atoms with Crippen LogP contribution in [-0.4, -0.2) is 51.8 Å². The lowest BCUT2D eigenvalue weighted by molar-refractivity contribution is 0.0785. The van der Waals surface area contributed by atoms with Crippen LogP contribution in [0.2, 0.25) is 0 Å². The highest BCUT2D eigenvalue weighted by Gasteiger charge is 2.18. The minimum Gasteiger partial charge on any atom is -0.497 e. The summed E-state index contributed by atoms with van der Waals surface area (Å²) >= 11 is 0.